The Morgan fingerprint density at radius 1 is 1.26 bits per heavy atom. The first-order valence-corrected chi connectivity index (χ1v) is 6.29. The van der Waals surface area contributed by atoms with E-state index in [1.165, 1.54) is 0 Å². The standard InChI is InChI=1S/C14H15ClFN3/c1-19(9-11-4-2-3-5-12(11)15)14-13(16)10(8-17)6-7-18-14/h2-7H,8-9,17H2,1H3. The average Bonchev–Trinajstić information content (AvgIpc) is 2.41. The van der Waals surface area contributed by atoms with E-state index in [-0.39, 0.29) is 18.2 Å². The molecule has 0 radical (unpaired) electrons. The molecular formula is C14H15ClFN3. The van der Waals surface area contributed by atoms with Crippen molar-refractivity contribution < 1.29 is 4.39 Å². The van der Waals surface area contributed by atoms with Crippen LogP contribution in [0.25, 0.3) is 0 Å². The van der Waals surface area contributed by atoms with Crippen LogP contribution in [-0.4, -0.2) is 12.0 Å². The molecule has 0 unspecified atom stereocenters. The number of hydrogen-bond acceptors (Lipinski definition) is 3. The summed E-state index contributed by atoms with van der Waals surface area (Å²) in [4.78, 5) is 5.78. The monoisotopic (exact) mass is 279 g/mol. The Bertz CT molecular complexity index is 574. The summed E-state index contributed by atoms with van der Waals surface area (Å²) in [7, 11) is 1.77. The molecule has 0 fully saturated rings. The van der Waals surface area contributed by atoms with Gasteiger partial charge in [-0.1, -0.05) is 29.8 Å². The van der Waals surface area contributed by atoms with Crippen molar-refractivity contribution in [3.8, 4) is 0 Å². The zero-order valence-electron chi connectivity index (χ0n) is 10.6. The maximum Gasteiger partial charge on any atom is 0.170 e. The van der Waals surface area contributed by atoms with Gasteiger partial charge in [-0.15, -0.1) is 0 Å². The minimum absolute atomic E-state index is 0.154. The van der Waals surface area contributed by atoms with E-state index in [1.807, 2.05) is 24.3 Å². The van der Waals surface area contributed by atoms with Gasteiger partial charge in [0.15, 0.2) is 11.6 Å². The predicted octanol–water partition coefficient (Wildman–Crippen LogP) is 2.97. The molecule has 1 heterocycles. The van der Waals surface area contributed by atoms with Gasteiger partial charge in [-0.05, 0) is 17.7 Å². The fraction of sp³-hybridized carbons (Fsp3) is 0.214. The Morgan fingerprint density at radius 3 is 2.68 bits per heavy atom. The summed E-state index contributed by atoms with van der Waals surface area (Å²) < 4.78 is 14.1. The second-order valence-corrected chi connectivity index (χ2v) is 4.67. The van der Waals surface area contributed by atoms with Gasteiger partial charge < -0.3 is 10.6 Å². The van der Waals surface area contributed by atoms with Crippen LogP contribution in [0.15, 0.2) is 36.5 Å². The van der Waals surface area contributed by atoms with E-state index in [1.54, 1.807) is 24.2 Å². The van der Waals surface area contributed by atoms with Crippen molar-refractivity contribution in [3.05, 3.63) is 58.5 Å². The maximum atomic E-state index is 14.1. The molecule has 0 aliphatic rings. The first-order chi connectivity index (χ1) is 9.13. The third-order valence-corrected chi connectivity index (χ3v) is 3.27. The highest BCUT2D eigenvalue weighted by Gasteiger charge is 2.13. The number of aromatic nitrogens is 1. The molecule has 2 N–H and O–H groups in total. The molecule has 0 aliphatic carbocycles. The highest BCUT2D eigenvalue weighted by molar-refractivity contribution is 6.31. The average molecular weight is 280 g/mol. The van der Waals surface area contributed by atoms with Gasteiger partial charge in [0, 0.05) is 36.9 Å². The molecule has 0 amide bonds. The first kappa shape index (κ1) is 13.8. The Kier molecular flexibility index (Phi) is 4.35. The summed E-state index contributed by atoms with van der Waals surface area (Å²) in [6.45, 7) is 0.638. The van der Waals surface area contributed by atoms with Crippen molar-refractivity contribution in [2.45, 2.75) is 13.1 Å². The number of nitrogens with zero attached hydrogens (tertiary/aromatic N) is 2. The third kappa shape index (κ3) is 3.03. The van der Waals surface area contributed by atoms with Crippen LogP contribution in [0.4, 0.5) is 10.2 Å². The van der Waals surface area contributed by atoms with Gasteiger partial charge in [-0.25, -0.2) is 9.37 Å². The molecule has 3 nitrogen and oxygen atoms in total. The smallest absolute Gasteiger partial charge is 0.170 e. The molecule has 0 saturated heterocycles. The molecule has 0 atom stereocenters. The highest BCUT2D eigenvalue weighted by atomic mass is 35.5. The molecule has 0 bridgehead atoms. The van der Waals surface area contributed by atoms with E-state index < -0.39 is 0 Å². The van der Waals surface area contributed by atoms with Crippen molar-refractivity contribution in [2.75, 3.05) is 11.9 Å². The summed E-state index contributed by atoms with van der Waals surface area (Å²) in [5.74, 6) is -0.0950. The lowest BCUT2D eigenvalue weighted by Crippen LogP contribution is -2.20. The van der Waals surface area contributed by atoms with Crippen LogP contribution in [0, 0.1) is 5.82 Å². The van der Waals surface area contributed by atoms with Gasteiger partial charge in [0.2, 0.25) is 0 Å². The number of rotatable bonds is 4. The van der Waals surface area contributed by atoms with Crippen LogP contribution in [-0.2, 0) is 13.1 Å². The molecule has 5 heteroatoms. The zero-order valence-corrected chi connectivity index (χ0v) is 11.4. The SMILES string of the molecule is CN(Cc1ccccc1Cl)c1nccc(CN)c1F. The summed E-state index contributed by atoms with van der Waals surface area (Å²) in [5.41, 5.74) is 6.87. The summed E-state index contributed by atoms with van der Waals surface area (Å²) in [6, 6.07) is 9.06. The second-order valence-electron chi connectivity index (χ2n) is 4.26. The number of halogens is 2. The van der Waals surface area contributed by atoms with Crippen LogP contribution < -0.4 is 10.6 Å². The van der Waals surface area contributed by atoms with Crippen LogP contribution in [0.5, 0.6) is 0 Å². The quantitative estimate of drug-likeness (QED) is 0.936. The fourth-order valence-corrected chi connectivity index (χ4v) is 2.05. The number of nitrogens with two attached hydrogens (primary N) is 1. The van der Waals surface area contributed by atoms with Crippen LogP contribution >= 0.6 is 11.6 Å². The molecule has 1 aromatic heterocycles. The van der Waals surface area contributed by atoms with Crippen LogP contribution in [0.3, 0.4) is 0 Å². The van der Waals surface area contributed by atoms with Gasteiger partial charge in [0.1, 0.15) is 0 Å². The van der Waals surface area contributed by atoms with Crippen molar-refractivity contribution in [2.24, 2.45) is 5.73 Å². The molecule has 2 rings (SSSR count). The van der Waals surface area contributed by atoms with E-state index in [0.717, 1.165) is 5.56 Å². The Hall–Kier alpha value is -1.65. The Balaban J connectivity index is 2.26. The topological polar surface area (TPSA) is 42.2 Å². The molecule has 1 aromatic carbocycles. The molecule has 0 saturated carbocycles. The number of benzene rings is 1. The number of anilines is 1. The van der Waals surface area contributed by atoms with E-state index in [2.05, 4.69) is 4.98 Å². The molecule has 0 spiro atoms. The van der Waals surface area contributed by atoms with Crippen LogP contribution in [0.1, 0.15) is 11.1 Å². The van der Waals surface area contributed by atoms with Crippen LogP contribution in [0.2, 0.25) is 5.02 Å². The second kappa shape index (κ2) is 5.99. The summed E-state index contributed by atoms with van der Waals surface area (Å²) >= 11 is 6.09. The van der Waals surface area contributed by atoms with Gasteiger partial charge in [-0.2, -0.15) is 0 Å². The van der Waals surface area contributed by atoms with E-state index in [4.69, 9.17) is 17.3 Å². The lowest BCUT2D eigenvalue weighted by atomic mass is 10.2. The summed E-state index contributed by atoms with van der Waals surface area (Å²) in [6.07, 6.45) is 1.56. The lowest BCUT2D eigenvalue weighted by Gasteiger charge is -2.20. The summed E-state index contributed by atoms with van der Waals surface area (Å²) in [5, 5.41) is 0.657. The highest BCUT2D eigenvalue weighted by Crippen LogP contribution is 2.22. The normalized spacial score (nSPS) is 10.5. The minimum Gasteiger partial charge on any atom is -0.353 e. The number of hydrogen-bond donors (Lipinski definition) is 1. The van der Waals surface area contributed by atoms with E-state index in [9.17, 15) is 4.39 Å². The third-order valence-electron chi connectivity index (χ3n) is 2.90. The molecular weight excluding hydrogens is 265 g/mol. The van der Waals surface area contributed by atoms with Gasteiger partial charge in [-0.3, -0.25) is 0 Å². The number of pyridine rings is 1. The molecule has 19 heavy (non-hydrogen) atoms. The molecule has 0 aliphatic heterocycles. The van der Waals surface area contributed by atoms with Crippen molar-refractivity contribution in [1.29, 1.82) is 0 Å². The zero-order chi connectivity index (χ0) is 13.8. The van der Waals surface area contributed by atoms with Gasteiger partial charge in [0.25, 0.3) is 0 Å². The van der Waals surface area contributed by atoms with Gasteiger partial charge >= 0.3 is 0 Å². The first-order valence-electron chi connectivity index (χ1n) is 5.91. The van der Waals surface area contributed by atoms with Crippen molar-refractivity contribution >= 4 is 17.4 Å². The van der Waals surface area contributed by atoms with Crippen molar-refractivity contribution in [3.63, 3.8) is 0 Å². The molecule has 2 aromatic rings. The fourth-order valence-electron chi connectivity index (χ4n) is 1.85. The maximum absolute atomic E-state index is 14.1. The lowest BCUT2D eigenvalue weighted by molar-refractivity contribution is 0.598. The van der Waals surface area contributed by atoms with Gasteiger partial charge in [0.05, 0.1) is 0 Å². The Labute approximate surface area is 116 Å². The Morgan fingerprint density at radius 2 is 2.00 bits per heavy atom. The van der Waals surface area contributed by atoms with E-state index >= 15 is 0 Å². The van der Waals surface area contributed by atoms with E-state index in [0.29, 0.717) is 17.1 Å². The van der Waals surface area contributed by atoms with Crippen molar-refractivity contribution in [1.82, 2.24) is 4.98 Å². The molecule has 100 valence electrons. The predicted molar refractivity (Wildman–Crippen MR) is 75.6 cm³/mol. The minimum atomic E-state index is -0.375. The largest absolute Gasteiger partial charge is 0.353 e.